The molecule has 9 nitrogen and oxygen atoms in total. The molecule has 0 aliphatic heterocycles. The number of nitrogens with zero attached hydrogens (tertiary/aromatic N) is 6. The lowest BCUT2D eigenvalue weighted by molar-refractivity contribution is -0.146. The molecule has 0 spiro atoms. The summed E-state index contributed by atoms with van der Waals surface area (Å²) in [6, 6.07) is 7.47. The van der Waals surface area contributed by atoms with Crippen molar-refractivity contribution < 1.29 is 14.1 Å². The van der Waals surface area contributed by atoms with Gasteiger partial charge >= 0.3 is 5.97 Å². The third-order valence-corrected chi connectivity index (χ3v) is 3.08. The fourth-order valence-corrected chi connectivity index (χ4v) is 2.03. The van der Waals surface area contributed by atoms with Crippen LogP contribution < -0.4 is 0 Å². The van der Waals surface area contributed by atoms with Crippen LogP contribution in [0, 0.1) is 0 Å². The highest BCUT2D eigenvalue weighted by molar-refractivity contribution is 9.10. The van der Waals surface area contributed by atoms with Crippen LogP contribution >= 0.6 is 15.9 Å². The van der Waals surface area contributed by atoms with Crippen molar-refractivity contribution in [3.63, 3.8) is 0 Å². The first-order valence-corrected chi connectivity index (χ1v) is 6.95. The van der Waals surface area contributed by atoms with Gasteiger partial charge < -0.3 is 9.26 Å². The van der Waals surface area contributed by atoms with Crippen LogP contribution in [-0.4, -0.2) is 36.3 Å². The van der Waals surface area contributed by atoms with E-state index < -0.39 is 5.97 Å². The van der Waals surface area contributed by atoms with Crippen molar-refractivity contribution in [3.05, 3.63) is 41.0 Å². The molecule has 0 fully saturated rings. The Morgan fingerprint density at radius 3 is 3.09 bits per heavy atom. The predicted octanol–water partition coefficient (Wildman–Crippen LogP) is 1.23. The summed E-state index contributed by atoms with van der Waals surface area (Å²) in [6.45, 7) is -0.193. The molecule has 3 rings (SSSR count). The minimum atomic E-state index is -0.505. The lowest BCUT2D eigenvalue weighted by Crippen LogP contribution is -2.14. The van der Waals surface area contributed by atoms with E-state index in [-0.39, 0.29) is 19.0 Å². The molecule has 0 atom stereocenters. The molecule has 3 aromatic rings. The highest BCUT2D eigenvalue weighted by Gasteiger charge is 2.12. The second-order valence-corrected chi connectivity index (χ2v) is 5.11. The van der Waals surface area contributed by atoms with Gasteiger partial charge in [0.1, 0.15) is 12.9 Å². The molecule has 0 amide bonds. The quantitative estimate of drug-likeness (QED) is 0.621. The molecule has 10 heteroatoms. The number of tetrazole rings is 1. The molecule has 0 aliphatic rings. The standard InChI is InChI=1S/C12H9BrN6O3/c13-9-3-1-2-8(4-9)12-15-10(22-16-12)6-21-11(20)5-19-7-14-17-18-19/h1-4,7H,5-6H2. The number of hydrogen-bond acceptors (Lipinski definition) is 8. The van der Waals surface area contributed by atoms with Gasteiger partial charge in [-0.3, -0.25) is 4.79 Å². The number of carbonyl (C=O) groups excluding carboxylic acids is 1. The Balaban J connectivity index is 1.59. The van der Waals surface area contributed by atoms with E-state index in [4.69, 9.17) is 9.26 Å². The van der Waals surface area contributed by atoms with E-state index in [1.165, 1.54) is 11.0 Å². The number of ether oxygens (including phenoxy) is 1. The average Bonchev–Trinajstić information content (AvgIpc) is 3.16. The molecular weight excluding hydrogens is 356 g/mol. The smallest absolute Gasteiger partial charge is 0.328 e. The zero-order chi connectivity index (χ0) is 15.4. The van der Waals surface area contributed by atoms with Gasteiger partial charge in [-0.05, 0) is 22.6 Å². The maximum Gasteiger partial charge on any atom is 0.328 e. The number of hydrogen-bond donors (Lipinski definition) is 0. The van der Waals surface area contributed by atoms with Gasteiger partial charge in [-0.25, -0.2) is 4.68 Å². The molecule has 0 saturated carbocycles. The summed E-state index contributed by atoms with van der Waals surface area (Å²) in [6.07, 6.45) is 1.32. The summed E-state index contributed by atoms with van der Waals surface area (Å²) in [5.41, 5.74) is 0.796. The highest BCUT2D eigenvalue weighted by Crippen LogP contribution is 2.20. The van der Waals surface area contributed by atoms with Gasteiger partial charge in [-0.1, -0.05) is 33.2 Å². The predicted molar refractivity (Wildman–Crippen MR) is 75.0 cm³/mol. The van der Waals surface area contributed by atoms with E-state index in [9.17, 15) is 4.79 Å². The normalized spacial score (nSPS) is 10.6. The number of halogens is 1. The summed E-state index contributed by atoms with van der Waals surface area (Å²) in [4.78, 5) is 15.7. The van der Waals surface area contributed by atoms with Crippen LogP contribution in [0.5, 0.6) is 0 Å². The van der Waals surface area contributed by atoms with Crippen molar-refractivity contribution in [2.45, 2.75) is 13.2 Å². The minimum absolute atomic E-state index is 0.0837. The van der Waals surface area contributed by atoms with Gasteiger partial charge in [0.15, 0.2) is 6.61 Å². The third-order valence-electron chi connectivity index (χ3n) is 2.59. The van der Waals surface area contributed by atoms with Gasteiger partial charge in [-0.2, -0.15) is 4.98 Å². The van der Waals surface area contributed by atoms with E-state index in [0.717, 1.165) is 10.0 Å². The zero-order valence-electron chi connectivity index (χ0n) is 11.1. The van der Waals surface area contributed by atoms with Crippen molar-refractivity contribution in [1.29, 1.82) is 0 Å². The van der Waals surface area contributed by atoms with E-state index in [0.29, 0.717) is 5.82 Å². The van der Waals surface area contributed by atoms with Crippen LogP contribution in [0.1, 0.15) is 5.89 Å². The van der Waals surface area contributed by atoms with E-state index in [2.05, 4.69) is 41.6 Å². The van der Waals surface area contributed by atoms with E-state index in [1.807, 2.05) is 24.3 Å². The van der Waals surface area contributed by atoms with Crippen LogP contribution in [0.3, 0.4) is 0 Å². The first-order chi connectivity index (χ1) is 10.7. The molecule has 1 aromatic carbocycles. The number of rotatable bonds is 5. The van der Waals surface area contributed by atoms with E-state index >= 15 is 0 Å². The van der Waals surface area contributed by atoms with Crippen LogP contribution in [0.25, 0.3) is 11.4 Å². The fourth-order valence-electron chi connectivity index (χ4n) is 1.63. The molecule has 0 bridgehead atoms. The van der Waals surface area contributed by atoms with Crippen LogP contribution in [0.4, 0.5) is 0 Å². The average molecular weight is 365 g/mol. The summed E-state index contributed by atoms with van der Waals surface area (Å²) >= 11 is 3.37. The summed E-state index contributed by atoms with van der Waals surface area (Å²) in [5.74, 6) is 0.127. The van der Waals surface area contributed by atoms with Gasteiger partial charge in [0.05, 0.1) is 0 Å². The first kappa shape index (κ1) is 14.3. The summed E-state index contributed by atoms with van der Waals surface area (Å²) in [7, 11) is 0. The minimum Gasteiger partial charge on any atom is -0.454 e. The molecule has 0 N–H and O–H groups in total. The summed E-state index contributed by atoms with van der Waals surface area (Å²) < 4.78 is 12.2. The maximum atomic E-state index is 11.6. The van der Waals surface area contributed by atoms with E-state index in [1.54, 1.807) is 0 Å². The van der Waals surface area contributed by atoms with Gasteiger partial charge in [0, 0.05) is 10.0 Å². The molecule has 0 unspecified atom stereocenters. The molecular formula is C12H9BrN6O3. The van der Waals surface area contributed by atoms with Crippen LogP contribution in [-0.2, 0) is 22.7 Å². The lowest BCUT2D eigenvalue weighted by Gasteiger charge is -2.00. The summed E-state index contributed by atoms with van der Waals surface area (Å²) in [5, 5.41) is 14.2. The number of carbonyl (C=O) groups is 1. The second kappa shape index (κ2) is 6.43. The number of esters is 1. The third kappa shape index (κ3) is 3.52. The van der Waals surface area contributed by atoms with Crippen molar-refractivity contribution in [1.82, 2.24) is 30.3 Å². The number of aromatic nitrogens is 6. The lowest BCUT2D eigenvalue weighted by atomic mass is 10.2. The monoisotopic (exact) mass is 364 g/mol. The SMILES string of the molecule is O=C(Cn1cnnn1)OCc1nc(-c2cccc(Br)c2)no1. The molecule has 2 heterocycles. The Hall–Kier alpha value is -2.62. The molecule has 0 saturated heterocycles. The van der Waals surface area contributed by atoms with Crippen molar-refractivity contribution >= 4 is 21.9 Å². The molecule has 112 valence electrons. The number of benzene rings is 1. The van der Waals surface area contributed by atoms with Crippen molar-refractivity contribution in [3.8, 4) is 11.4 Å². The van der Waals surface area contributed by atoms with Gasteiger partial charge in [0.2, 0.25) is 5.82 Å². The Morgan fingerprint density at radius 2 is 2.32 bits per heavy atom. The highest BCUT2D eigenvalue weighted by atomic mass is 79.9. The van der Waals surface area contributed by atoms with Gasteiger partial charge in [0.25, 0.3) is 5.89 Å². The fraction of sp³-hybridized carbons (Fsp3) is 0.167. The molecule has 0 radical (unpaired) electrons. The van der Waals surface area contributed by atoms with Crippen molar-refractivity contribution in [2.75, 3.05) is 0 Å². The Labute approximate surface area is 132 Å². The molecule has 0 aliphatic carbocycles. The molecule has 2 aromatic heterocycles. The van der Waals surface area contributed by atoms with Gasteiger partial charge in [-0.15, -0.1) is 5.10 Å². The maximum absolute atomic E-state index is 11.6. The Kier molecular flexibility index (Phi) is 4.19. The Morgan fingerprint density at radius 1 is 1.41 bits per heavy atom. The topological polar surface area (TPSA) is 109 Å². The van der Waals surface area contributed by atoms with Crippen molar-refractivity contribution in [2.24, 2.45) is 0 Å². The molecule has 22 heavy (non-hydrogen) atoms. The second-order valence-electron chi connectivity index (χ2n) is 4.19. The first-order valence-electron chi connectivity index (χ1n) is 6.15. The largest absolute Gasteiger partial charge is 0.454 e. The Bertz CT molecular complexity index is 773. The van der Waals surface area contributed by atoms with Crippen LogP contribution in [0.2, 0.25) is 0 Å². The van der Waals surface area contributed by atoms with Crippen LogP contribution in [0.15, 0.2) is 39.6 Å². The zero-order valence-corrected chi connectivity index (χ0v) is 12.7.